The van der Waals surface area contributed by atoms with Crippen LogP contribution in [0, 0.1) is 11.3 Å². The molecule has 0 radical (unpaired) electrons. The highest BCUT2D eigenvalue weighted by Gasteiger charge is 2.23. The molecule has 1 amide bonds. The maximum absolute atomic E-state index is 11.4. The summed E-state index contributed by atoms with van der Waals surface area (Å²) < 4.78 is 0. The summed E-state index contributed by atoms with van der Waals surface area (Å²) in [6, 6.07) is 0. The van der Waals surface area contributed by atoms with Crippen LogP contribution in [0.5, 0.6) is 0 Å². The minimum atomic E-state index is -0.232. The second-order valence-corrected chi connectivity index (χ2v) is 4.76. The minimum Gasteiger partial charge on any atom is -0.355 e. The zero-order valence-electron chi connectivity index (χ0n) is 8.31. The molecular formula is C10H19NO. The van der Waals surface area contributed by atoms with Gasteiger partial charge in [-0.3, -0.25) is 4.79 Å². The van der Waals surface area contributed by atoms with Crippen LogP contribution >= 0.6 is 0 Å². The van der Waals surface area contributed by atoms with E-state index >= 15 is 0 Å². The summed E-state index contributed by atoms with van der Waals surface area (Å²) in [6.45, 7) is 6.73. The van der Waals surface area contributed by atoms with E-state index in [1.807, 2.05) is 20.8 Å². The molecular weight excluding hydrogens is 150 g/mol. The Bertz CT molecular complexity index is 165. The first-order chi connectivity index (χ1) is 5.50. The largest absolute Gasteiger partial charge is 0.355 e. The number of nitrogens with one attached hydrogen (secondary N) is 1. The van der Waals surface area contributed by atoms with Crippen molar-refractivity contribution in [3.05, 3.63) is 0 Å². The minimum absolute atomic E-state index is 0.175. The first-order valence-corrected chi connectivity index (χ1v) is 4.78. The Kier molecular flexibility index (Phi) is 2.76. The van der Waals surface area contributed by atoms with Gasteiger partial charge in [-0.05, 0) is 18.8 Å². The smallest absolute Gasteiger partial charge is 0.225 e. The summed E-state index contributed by atoms with van der Waals surface area (Å²) in [5.74, 6) is 0.936. The predicted molar refractivity (Wildman–Crippen MR) is 49.8 cm³/mol. The van der Waals surface area contributed by atoms with Crippen LogP contribution in [0.25, 0.3) is 0 Å². The Morgan fingerprint density at radius 2 is 2.00 bits per heavy atom. The maximum atomic E-state index is 11.4. The van der Waals surface area contributed by atoms with Gasteiger partial charge in [0.1, 0.15) is 0 Å². The third-order valence-electron chi connectivity index (χ3n) is 2.46. The Balaban J connectivity index is 2.17. The lowest BCUT2D eigenvalue weighted by Gasteiger charge is -2.27. The van der Waals surface area contributed by atoms with E-state index in [4.69, 9.17) is 0 Å². The highest BCUT2D eigenvalue weighted by molar-refractivity contribution is 5.81. The molecule has 2 nitrogen and oxygen atoms in total. The molecule has 0 aromatic carbocycles. The fraction of sp³-hybridized carbons (Fsp3) is 0.900. The van der Waals surface area contributed by atoms with E-state index in [0.29, 0.717) is 0 Å². The van der Waals surface area contributed by atoms with Crippen molar-refractivity contribution in [3.8, 4) is 0 Å². The molecule has 12 heavy (non-hydrogen) atoms. The van der Waals surface area contributed by atoms with Crippen molar-refractivity contribution < 1.29 is 4.79 Å². The first kappa shape index (κ1) is 9.56. The van der Waals surface area contributed by atoms with E-state index in [1.54, 1.807) is 0 Å². The quantitative estimate of drug-likeness (QED) is 0.672. The lowest BCUT2D eigenvalue weighted by Crippen LogP contribution is -2.39. The molecule has 1 rings (SSSR count). The molecule has 1 aliphatic carbocycles. The molecule has 1 fully saturated rings. The van der Waals surface area contributed by atoms with Crippen LogP contribution in [0.1, 0.15) is 40.0 Å². The summed E-state index contributed by atoms with van der Waals surface area (Å²) in [5.41, 5.74) is -0.232. The van der Waals surface area contributed by atoms with Crippen LogP contribution < -0.4 is 5.32 Å². The van der Waals surface area contributed by atoms with E-state index < -0.39 is 0 Å². The highest BCUT2D eigenvalue weighted by Crippen LogP contribution is 2.25. The second kappa shape index (κ2) is 3.46. The lowest BCUT2D eigenvalue weighted by molar-refractivity contribution is -0.128. The molecule has 1 saturated carbocycles. The molecule has 0 aliphatic heterocycles. The van der Waals surface area contributed by atoms with Crippen LogP contribution in [0.4, 0.5) is 0 Å². The molecule has 1 aliphatic rings. The SMILES string of the molecule is CC(C)(C)C(=O)NCC1CCC1. The fourth-order valence-corrected chi connectivity index (χ4v) is 1.20. The van der Waals surface area contributed by atoms with E-state index in [9.17, 15) is 4.79 Å². The lowest BCUT2D eigenvalue weighted by atomic mass is 9.85. The summed E-state index contributed by atoms with van der Waals surface area (Å²) in [6.07, 6.45) is 3.94. The molecule has 0 unspecified atom stereocenters. The van der Waals surface area contributed by atoms with Crippen molar-refractivity contribution in [2.45, 2.75) is 40.0 Å². The van der Waals surface area contributed by atoms with Crippen molar-refractivity contribution in [3.63, 3.8) is 0 Å². The molecule has 1 N–H and O–H groups in total. The molecule has 0 bridgehead atoms. The van der Waals surface area contributed by atoms with Crippen LogP contribution in [0.3, 0.4) is 0 Å². The number of carbonyl (C=O) groups excluding carboxylic acids is 1. The van der Waals surface area contributed by atoms with Crippen molar-refractivity contribution in [2.24, 2.45) is 11.3 Å². The van der Waals surface area contributed by atoms with Crippen molar-refractivity contribution >= 4 is 5.91 Å². The summed E-state index contributed by atoms with van der Waals surface area (Å²) in [5, 5.41) is 2.99. The number of hydrogen-bond acceptors (Lipinski definition) is 1. The third kappa shape index (κ3) is 2.50. The molecule has 0 atom stereocenters. The van der Waals surface area contributed by atoms with Gasteiger partial charge in [-0.2, -0.15) is 0 Å². The number of hydrogen-bond donors (Lipinski definition) is 1. The maximum Gasteiger partial charge on any atom is 0.225 e. The molecule has 70 valence electrons. The van der Waals surface area contributed by atoms with Gasteiger partial charge in [0.05, 0.1) is 0 Å². The van der Waals surface area contributed by atoms with Crippen molar-refractivity contribution in [2.75, 3.05) is 6.54 Å². The van der Waals surface area contributed by atoms with Gasteiger partial charge in [-0.1, -0.05) is 27.2 Å². The standard InChI is InChI=1S/C10H19NO/c1-10(2,3)9(12)11-7-8-5-4-6-8/h8H,4-7H2,1-3H3,(H,11,12). The Morgan fingerprint density at radius 1 is 1.42 bits per heavy atom. The normalized spacial score (nSPS) is 18.6. The van der Waals surface area contributed by atoms with Gasteiger partial charge in [-0.15, -0.1) is 0 Å². The molecule has 0 spiro atoms. The number of amides is 1. The molecule has 0 aromatic rings. The Morgan fingerprint density at radius 3 is 2.33 bits per heavy atom. The highest BCUT2D eigenvalue weighted by atomic mass is 16.2. The van der Waals surface area contributed by atoms with Gasteiger partial charge >= 0.3 is 0 Å². The second-order valence-electron chi connectivity index (χ2n) is 4.76. The van der Waals surface area contributed by atoms with Crippen molar-refractivity contribution in [1.82, 2.24) is 5.32 Å². The van der Waals surface area contributed by atoms with Gasteiger partial charge in [0.2, 0.25) is 5.91 Å². The predicted octanol–water partition coefficient (Wildman–Crippen LogP) is 1.95. The molecule has 0 saturated heterocycles. The average Bonchev–Trinajstić information content (AvgIpc) is 1.81. The topological polar surface area (TPSA) is 29.1 Å². The summed E-state index contributed by atoms with van der Waals surface area (Å²) in [7, 11) is 0. The van der Waals surface area contributed by atoms with Gasteiger partial charge in [0.25, 0.3) is 0 Å². The zero-order chi connectivity index (χ0) is 9.19. The summed E-state index contributed by atoms with van der Waals surface area (Å²) in [4.78, 5) is 11.4. The third-order valence-corrected chi connectivity index (χ3v) is 2.46. The van der Waals surface area contributed by atoms with Crippen LogP contribution in [0.15, 0.2) is 0 Å². The Labute approximate surface area is 74.7 Å². The van der Waals surface area contributed by atoms with Crippen molar-refractivity contribution in [1.29, 1.82) is 0 Å². The number of carbonyl (C=O) groups is 1. The Hall–Kier alpha value is -0.530. The molecule has 0 heterocycles. The van der Waals surface area contributed by atoms with E-state index in [1.165, 1.54) is 19.3 Å². The van der Waals surface area contributed by atoms with Gasteiger partial charge in [0.15, 0.2) is 0 Å². The van der Waals surface area contributed by atoms with E-state index in [-0.39, 0.29) is 11.3 Å². The van der Waals surface area contributed by atoms with Crippen LogP contribution in [-0.2, 0) is 4.79 Å². The van der Waals surface area contributed by atoms with Gasteiger partial charge in [0, 0.05) is 12.0 Å². The van der Waals surface area contributed by atoms with Gasteiger partial charge < -0.3 is 5.32 Å². The van der Waals surface area contributed by atoms with Gasteiger partial charge in [-0.25, -0.2) is 0 Å². The van der Waals surface area contributed by atoms with E-state index in [2.05, 4.69) is 5.32 Å². The average molecular weight is 169 g/mol. The van der Waals surface area contributed by atoms with E-state index in [0.717, 1.165) is 12.5 Å². The molecule has 0 aromatic heterocycles. The number of rotatable bonds is 2. The van der Waals surface area contributed by atoms with Crippen LogP contribution in [-0.4, -0.2) is 12.5 Å². The summed E-state index contributed by atoms with van der Waals surface area (Å²) >= 11 is 0. The first-order valence-electron chi connectivity index (χ1n) is 4.78. The monoisotopic (exact) mass is 169 g/mol. The fourth-order valence-electron chi connectivity index (χ4n) is 1.20. The molecule has 2 heteroatoms. The zero-order valence-corrected chi connectivity index (χ0v) is 8.31. The van der Waals surface area contributed by atoms with Crippen LogP contribution in [0.2, 0.25) is 0 Å².